The summed E-state index contributed by atoms with van der Waals surface area (Å²) in [5, 5.41) is 0. The highest BCUT2D eigenvalue weighted by Gasteiger charge is 2.52. The van der Waals surface area contributed by atoms with Crippen LogP contribution in [-0.2, 0) is 27.4 Å². The van der Waals surface area contributed by atoms with E-state index in [9.17, 15) is 4.79 Å². The molecule has 2 aliphatic rings. The lowest BCUT2D eigenvalue weighted by atomic mass is 10.1. The van der Waals surface area contributed by atoms with Gasteiger partial charge >= 0.3 is 6.01 Å². The van der Waals surface area contributed by atoms with Gasteiger partial charge in [-0.05, 0) is 11.1 Å². The van der Waals surface area contributed by atoms with Gasteiger partial charge in [-0.3, -0.25) is 9.36 Å². The van der Waals surface area contributed by atoms with Gasteiger partial charge in [0, 0.05) is 12.3 Å². The number of hydrogen-bond acceptors (Lipinski definition) is 6. The lowest BCUT2D eigenvalue weighted by molar-refractivity contribution is -0.0862. The van der Waals surface area contributed by atoms with E-state index in [0.29, 0.717) is 19.8 Å². The lowest BCUT2D eigenvalue weighted by Crippen LogP contribution is -2.38. The van der Waals surface area contributed by atoms with Gasteiger partial charge in [-0.2, -0.15) is 4.98 Å². The molecule has 1 saturated heterocycles. The second kappa shape index (κ2) is 8.39. The van der Waals surface area contributed by atoms with E-state index in [0.717, 1.165) is 11.1 Å². The fraction of sp³-hybridized carbons (Fsp3) is 0.304. The molecule has 0 aliphatic carbocycles. The Morgan fingerprint density at radius 1 is 0.933 bits per heavy atom. The average molecular weight is 406 g/mol. The summed E-state index contributed by atoms with van der Waals surface area (Å²) in [6.45, 7) is 1.29. The van der Waals surface area contributed by atoms with Crippen molar-refractivity contribution in [2.75, 3.05) is 6.61 Å². The van der Waals surface area contributed by atoms with Crippen molar-refractivity contribution in [1.82, 2.24) is 9.55 Å². The predicted octanol–water partition coefficient (Wildman–Crippen LogP) is 2.70. The van der Waals surface area contributed by atoms with Crippen molar-refractivity contribution in [3.63, 3.8) is 0 Å². The van der Waals surface area contributed by atoms with Gasteiger partial charge in [0.15, 0.2) is 12.3 Å². The van der Waals surface area contributed by atoms with Gasteiger partial charge in [-0.25, -0.2) is 0 Å². The van der Waals surface area contributed by atoms with Crippen molar-refractivity contribution in [2.45, 2.75) is 37.8 Å². The van der Waals surface area contributed by atoms with E-state index >= 15 is 0 Å². The SMILES string of the molecule is O=c1ccn2c(n1)O[C@H]1[C@@H](OCc3ccccc3)[C@@H](COCc3ccccc3)O[C@H]12. The first-order chi connectivity index (χ1) is 14.8. The van der Waals surface area contributed by atoms with Crippen molar-refractivity contribution in [2.24, 2.45) is 0 Å². The molecule has 0 unspecified atom stereocenters. The Bertz CT molecular complexity index is 1040. The Labute approximate surface area is 173 Å². The largest absolute Gasteiger partial charge is 0.453 e. The fourth-order valence-electron chi connectivity index (χ4n) is 3.83. The highest BCUT2D eigenvalue weighted by molar-refractivity contribution is 5.15. The van der Waals surface area contributed by atoms with Crippen molar-refractivity contribution in [1.29, 1.82) is 0 Å². The number of hydrogen-bond donors (Lipinski definition) is 0. The molecule has 3 aromatic rings. The Kier molecular flexibility index (Phi) is 5.31. The number of nitrogens with zero attached hydrogens (tertiary/aromatic N) is 2. The zero-order chi connectivity index (χ0) is 20.3. The molecule has 0 N–H and O–H groups in total. The summed E-state index contributed by atoms with van der Waals surface area (Å²) in [7, 11) is 0. The van der Waals surface area contributed by atoms with Crippen LogP contribution in [0.1, 0.15) is 17.4 Å². The number of rotatable bonds is 7. The molecular formula is C23H22N2O5. The molecule has 2 aliphatic heterocycles. The third kappa shape index (κ3) is 3.87. The summed E-state index contributed by atoms with van der Waals surface area (Å²) in [4.78, 5) is 15.5. The maximum Gasteiger partial charge on any atom is 0.302 e. The molecule has 0 radical (unpaired) electrons. The molecular weight excluding hydrogens is 384 g/mol. The minimum atomic E-state index is -0.404. The van der Waals surface area contributed by atoms with Crippen LogP contribution in [0.5, 0.6) is 6.01 Å². The number of benzene rings is 2. The second-order valence-corrected chi connectivity index (χ2v) is 7.37. The minimum Gasteiger partial charge on any atom is -0.453 e. The first-order valence-electron chi connectivity index (χ1n) is 9.96. The quantitative estimate of drug-likeness (QED) is 0.601. The number of aromatic nitrogens is 2. The van der Waals surface area contributed by atoms with Gasteiger partial charge in [0.05, 0.1) is 19.8 Å². The van der Waals surface area contributed by atoms with Gasteiger partial charge < -0.3 is 18.9 Å². The molecule has 1 fully saturated rings. The molecule has 5 rings (SSSR count). The van der Waals surface area contributed by atoms with Gasteiger partial charge in [0.25, 0.3) is 5.56 Å². The highest BCUT2D eigenvalue weighted by Crippen LogP contribution is 2.40. The molecule has 7 heteroatoms. The molecule has 2 aromatic carbocycles. The van der Waals surface area contributed by atoms with Crippen LogP contribution in [0.3, 0.4) is 0 Å². The number of ether oxygens (including phenoxy) is 4. The average Bonchev–Trinajstić information content (AvgIpc) is 3.29. The lowest BCUT2D eigenvalue weighted by Gasteiger charge is -2.22. The zero-order valence-corrected chi connectivity index (χ0v) is 16.3. The Hall–Kier alpha value is -3.00. The first-order valence-corrected chi connectivity index (χ1v) is 9.96. The molecule has 0 spiro atoms. The minimum absolute atomic E-state index is 0.259. The van der Waals surface area contributed by atoms with E-state index in [1.165, 1.54) is 6.07 Å². The Balaban J connectivity index is 1.30. The molecule has 30 heavy (non-hydrogen) atoms. The van der Waals surface area contributed by atoms with Crippen LogP contribution >= 0.6 is 0 Å². The van der Waals surface area contributed by atoms with Gasteiger partial charge in [0.1, 0.15) is 12.2 Å². The molecule has 7 nitrogen and oxygen atoms in total. The van der Waals surface area contributed by atoms with Gasteiger partial charge in [-0.15, -0.1) is 0 Å². The van der Waals surface area contributed by atoms with Crippen LogP contribution in [-0.4, -0.2) is 34.5 Å². The summed E-state index contributed by atoms with van der Waals surface area (Å²) in [5.74, 6) is 0. The van der Waals surface area contributed by atoms with E-state index in [1.807, 2.05) is 60.7 Å². The Morgan fingerprint density at radius 2 is 1.63 bits per heavy atom. The van der Waals surface area contributed by atoms with Crippen molar-refractivity contribution in [3.8, 4) is 6.01 Å². The summed E-state index contributed by atoms with van der Waals surface area (Å²) in [6, 6.07) is 21.6. The summed E-state index contributed by atoms with van der Waals surface area (Å²) in [5.41, 5.74) is 1.82. The maximum absolute atomic E-state index is 11.6. The third-order valence-corrected chi connectivity index (χ3v) is 5.28. The monoisotopic (exact) mass is 406 g/mol. The van der Waals surface area contributed by atoms with E-state index in [1.54, 1.807) is 10.8 Å². The van der Waals surface area contributed by atoms with Crippen molar-refractivity contribution in [3.05, 3.63) is 94.4 Å². The molecule has 0 bridgehead atoms. The summed E-state index contributed by atoms with van der Waals surface area (Å²) >= 11 is 0. The molecule has 0 amide bonds. The van der Waals surface area contributed by atoms with Crippen LogP contribution in [0.2, 0.25) is 0 Å². The summed E-state index contributed by atoms with van der Waals surface area (Å²) < 4.78 is 26.1. The van der Waals surface area contributed by atoms with Crippen LogP contribution in [0, 0.1) is 0 Å². The second-order valence-electron chi connectivity index (χ2n) is 7.37. The standard InChI is InChI=1S/C23H22N2O5/c26-19-11-12-25-22-21(30-23(25)24-19)20(28-14-17-9-5-2-6-10-17)18(29-22)15-27-13-16-7-3-1-4-8-16/h1-12,18,20-22H,13-15H2/t18-,20+,21+,22-/m1/s1. The molecule has 4 atom stereocenters. The van der Waals surface area contributed by atoms with Crippen molar-refractivity contribution < 1.29 is 18.9 Å². The first kappa shape index (κ1) is 19.0. The van der Waals surface area contributed by atoms with Crippen LogP contribution < -0.4 is 10.3 Å². The molecule has 154 valence electrons. The zero-order valence-electron chi connectivity index (χ0n) is 16.3. The topological polar surface area (TPSA) is 71.8 Å². The fourth-order valence-corrected chi connectivity index (χ4v) is 3.83. The van der Waals surface area contributed by atoms with E-state index < -0.39 is 12.3 Å². The number of fused-ring (bicyclic) bond motifs is 3. The summed E-state index contributed by atoms with van der Waals surface area (Å²) in [6.07, 6.45) is 0.187. The van der Waals surface area contributed by atoms with Crippen molar-refractivity contribution >= 4 is 0 Å². The Morgan fingerprint density at radius 3 is 2.37 bits per heavy atom. The van der Waals surface area contributed by atoms with Crippen LogP contribution in [0.25, 0.3) is 0 Å². The smallest absolute Gasteiger partial charge is 0.302 e. The third-order valence-electron chi connectivity index (χ3n) is 5.28. The van der Waals surface area contributed by atoms with Gasteiger partial charge in [-0.1, -0.05) is 60.7 Å². The van der Waals surface area contributed by atoms with E-state index in [-0.39, 0.29) is 23.8 Å². The highest BCUT2D eigenvalue weighted by atomic mass is 16.6. The van der Waals surface area contributed by atoms with Crippen LogP contribution in [0.4, 0.5) is 0 Å². The van der Waals surface area contributed by atoms with E-state index in [4.69, 9.17) is 18.9 Å². The van der Waals surface area contributed by atoms with E-state index in [2.05, 4.69) is 4.98 Å². The predicted molar refractivity (Wildman–Crippen MR) is 108 cm³/mol. The van der Waals surface area contributed by atoms with Gasteiger partial charge in [0.2, 0.25) is 0 Å². The maximum atomic E-state index is 11.6. The van der Waals surface area contributed by atoms with Crippen LogP contribution in [0.15, 0.2) is 77.7 Å². The molecule has 0 saturated carbocycles. The molecule has 1 aromatic heterocycles. The normalized spacial score (nSPS) is 24.3. The molecule has 3 heterocycles.